The van der Waals surface area contributed by atoms with Gasteiger partial charge in [-0.1, -0.05) is 22.7 Å². The van der Waals surface area contributed by atoms with E-state index in [1.807, 2.05) is 36.2 Å². The molecule has 10 heteroatoms. The average molecular weight is 451 g/mol. The molecule has 164 valence electrons. The van der Waals surface area contributed by atoms with Crippen molar-refractivity contribution >= 4 is 40.2 Å². The lowest BCUT2D eigenvalue weighted by Crippen LogP contribution is -2.46. The SMILES string of the molecule is Cc1nnsc1C(=O)N[C@H]1CCN2c3ccc([N+](=O)[O-])cc3N(C)c3ccccc3[C@H]2C1. The maximum absolute atomic E-state index is 12.8. The van der Waals surface area contributed by atoms with Gasteiger partial charge in [0.15, 0.2) is 0 Å². The molecule has 9 nitrogen and oxygen atoms in total. The van der Waals surface area contributed by atoms with Crippen molar-refractivity contribution in [1.82, 2.24) is 14.9 Å². The summed E-state index contributed by atoms with van der Waals surface area (Å²) in [6, 6.07) is 13.2. The number of para-hydroxylation sites is 1. The Morgan fingerprint density at radius 2 is 2.03 bits per heavy atom. The lowest BCUT2D eigenvalue weighted by molar-refractivity contribution is -0.384. The number of aryl methyl sites for hydroxylation is 1. The summed E-state index contributed by atoms with van der Waals surface area (Å²) in [6.07, 6.45) is 1.51. The zero-order valence-electron chi connectivity index (χ0n) is 17.7. The van der Waals surface area contributed by atoms with Crippen LogP contribution in [0.1, 0.15) is 39.8 Å². The number of carbonyl (C=O) groups excluding carboxylic acids is 1. The van der Waals surface area contributed by atoms with E-state index < -0.39 is 0 Å². The molecule has 0 saturated carbocycles. The second-order valence-electron chi connectivity index (χ2n) is 8.14. The van der Waals surface area contributed by atoms with Crippen molar-refractivity contribution in [2.24, 2.45) is 0 Å². The van der Waals surface area contributed by atoms with Crippen LogP contribution >= 0.6 is 11.5 Å². The van der Waals surface area contributed by atoms with Crippen LogP contribution in [0, 0.1) is 17.0 Å². The van der Waals surface area contributed by atoms with Crippen molar-refractivity contribution in [3.05, 3.63) is 68.7 Å². The summed E-state index contributed by atoms with van der Waals surface area (Å²) in [5.41, 5.74) is 4.64. The fourth-order valence-corrected chi connectivity index (χ4v) is 5.27. The molecular weight excluding hydrogens is 428 g/mol. The van der Waals surface area contributed by atoms with Crippen LogP contribution in [0.3, 0.4) is 0 Å². The van der Waals surface area contributed by atoms with Gasteiger partial charge in [-0.15, -0.1) is 5.10 Å². The minimum atomic E-state index is -0.361. The Bertz CT molecular complexity index is 1210. The Labute approximate surface area is 189 Å². The minimum absolute atomic E-state index is 0.00297. The van der Waals surface area contributed by atoms with E-state index in [2.05, 4.69) is 25.9 Å². The predicted octanol–water partition coefficient (Wildman–Crippen LogP) is 3.98. The van der Waals surface area contributed by atoms with Crippen LogP contribution in [0.2, 0.25) is 0 Å². The number of anilines is 3. The lowest BCUT2D eigenvalue weighted by Gasteiger charge is -2.41. The quantitative estimate of drug-likeness (QED) is 0.475. The number of benzene rings is 2. The third kappa shape index (κ3) is 3.36. The van der Waals surface area contributed by atoms with Gasteiger partial charge in [-0.25, -0.2) is 0 Å². The van der Waals surface area contributed by atoms with E-state index in [-0.39, 0.29) is 28.6 Å². The van der Waals surface area contributed by atoms with Crippen molar-refractivity contribution in [3.63, 3.8) is 0 Å². The van der Waals surface area contributed by atoms with Crippen molar-refractivity contribution in [3.8, 4) is 0 Å². The van der Waals surface area contributed by atoms with E-state index in [9.17, 15) is 14.9 Å². The van der Waals surface area contributed by atoms with Gasteiger partial charge < -0.3 is 15.1 Å². The molecule has 1 aromatic heterocycles. The van der Waals surface area contributed by atoms with Crippen molar-refractivity contribution in [2.75, 3.05) is 23.4 Å². The van der Waals surface area contributed by atoms with E-state index in [0.29, 0.717) is 10.6 Å². The molecule has 0 spiro atoms. The van der Waals surface area contributed by atoms with Crippen LogP contribution in [0.15, 0.2) is 42.5 Å². The Hall–Kier alpha value is -3.53. The van der Waals surface area contributed by atoms with Crippen molar-refractivity contribution in [2.45, 2.75) is 31.8 Å². The lowest BCUT2D eigenvalue weighted by atomic mass is 9.90. The number of non-ortho nitro benzene ring substituents is 1. The van der Waals surface area contributed by atoms with Gasteiger partial charge in [0.05, 0.1) is 28.0 Å². The molecule has 3 heterocycles. The average Bonchev–Trinajstić information content (AvgIpc) is 3.20. The number of hydrogen-bond acceptors (Lipinski definition) is 8. The van der Waals surface area contributed by atoms with Gasteiger partial charge in [0.25, 0.3) is 11.6 Å². The summed E-state index contributed by atoms with van der Waals surface area (Å²) in [5.74, 6) is -0.133. The van der Waals surface area contributed by atoms with Crippen LogP contribution in [-0.4, -0.2) is 40.1 Å². The summed E-state index contributed by atoms with van der Waals surface area (Å²) in [6.45, 7) is 2.51. The Kier molecular flexibility index (Phi) is 5.01. The number of amides is 1. The summed E-state index contributed by atoms with van der Waals surface area (Å²) in [4.78, 5) is 28.7. The summed E-state index contributed by atoms with van der Waals surface area (Å²) >= 11 is 1.11. The summed E-state index contributed by atoms with van der Waals surface area (Å²) in [5, 5.41) is 18.5. The minimum Gasteiger partial charge on any atom is -0.363 e. The van der Waals surface area contributed by atoms with E-state index >= 15 is 0 Å². The molecule has 0 aliphatic carbocycles. The zero-order valence-corrected chi connectivity index (χ0v) is 18.5. The predicted molar refractivity (Wildman–Crippen MR) is 123 cm³/mol. The number of nitrogens with zero attached hydrogens (tertiary/aromatic N) is 5. The monoisotopic (exact) mass is 450 g/mol. The fraction of sp³-hybridized carbons (Fsp3) is 0.318. The molecule has 0 radical (unpaired) electrons. The largest absolute Gasteiger partial charge is 0.363 e. The molecule has 2 aromatic carbocycles. The molecule has 5 rings (SSSR count). The van der Waals surface area contributed by atoms with Crippen LogP contribution in [-0.2, 0) is 0 Å². The van der Waals surface area contributed by atoms with Gasteiger partial charge in [-0.05, 0) is 49.0 Å². The molecule has 2 atom stereocenters. The van der Waals surface area contributed by atoms with Crippen molar-refractivity contribution < 1.29 is 9.72 Å². The third-order valence-electron chi connectivity index (χ3n) is 6.29. The van der Waals surface area contributed by atoms with Gasteiger partial charge in [0, 0.05) is 37.5 Å². The molecule has 2 aliphatic rings. The van der Waals surface area contributed by atoms with Gasteiger partial charge >= 0.3 is 0 Å². The number of carbonyl (C=O) groups is 1. The van der Waals surface area contributed by atoms with Crippen LogP contribution in [0.5, 0.6) is 0 Å². The first-order valence-electron chi connectivity index (χ1n) is 10.4. The highest BCUT2D eigenvalue weighted by Crippen LogP contribution is 2.48. The zero-order chi connectivity index (χ0) is 22.4. The smallest absolute Gasteiger partial charge is 0.271 e. The Morgan fingerprint density at radius 3 is 2.78 bits per heavy atom. The normalized spacial score (nSPS) is 19.4. The molecule has 1 amide bonds. The Balaban J connectivity index is 1.51. The van der Waals surface area contributed by atoms with Gasteiger partial charge in [-0.3, -0.25) is 14.9 Å². The standard InChI is InChI=1S/C22H22N6O3S/c1-13-21(32-25-24-13)22(29)23-14-9-10-27-18-8-7-15(28(30)31)12-20(18)26(2)17-6-4-3-5-16(17)19(27)11-14/h3-8,12,14,19H,9-11H2,1-2H3,(H,23,29)/t14-,19+/m0/s1. The summed E-state index contributed by atoms with van der Waals surface area (Å²) in [7, 11) is 1.94. The first-order chi connectivity index (χ1) is 15.4. The van der Waals surface area contributed by atoms with E-state index in [4.69, 9.17) is 0 Å². The summed E-state index contributed by atoms with van der Waals surface area (Å²) < 4.78 is 3.87. The van der Waals surface area contributed by atoms with Crippen LogP contribution in [0.4, 0.5) is 22.7 Å². The number of aromatic nitrogens is 2. The van der Waals surface area contributed by atoms with Crippen LogP contribution in [0.25, 0.3) is 0 Å². The number of nitrogens with one attached hydrogen (secondary N) is 1. The molecule has 2 aliphatic heterocycles. The number of hydrogen-bond donors (Lipinski definition) is 1. The highest BCUT2D eigenvalue weighted by molar-refractivity contribution is 7.08. The van der Waals surface area contributed by atoms with E-state index in [1.54, 1.807) is 19.1 Å². The van der Waals surface area contributed by atoms with E-state index in [0.717, 1.165) is 53.5 Å². The molecule has 1 fully saturated rings. The second kappa shape index (κ2) is 7.86. The second-order valence-corrected chi connectivity index (χ2v) is 8.89. The number of fused-ring (bicyclic) bond motifs is 5. The Morgan fingerprint density at radius 1 is 1.22 bits per heavy atom. The molecular formula is C22H22N6O3S. The van der Waals surface area contributed by atoms with Crippen molar-refractivity contribution in [1.29, 1.82) is 0 Å². The highest BCUT2D eigenvalue weighted by Gasteiger charge is 2.37. The third-order valence-corrected chi connectivity index (χ3v) is 7.12. The van der Waals surface area contributed by atoms with E-state index in [1.165, 1.54) is 0 Å². The van der Waals surface area contributed by atoms with Crippen LogP contribution < -0.4 is 15.1 Å². The van der Waals surface area contributed by atoms with Gasteiger partial charge in [-0.2, -0.15) is 0 Å². The number of piperidine rings is 1. The fourth-order valence-electron chi connectivity index (χ4n) is 4.71. The number of nitro benzene ring substituents is 1. The molecule has 1 saturated heterocycles. The first-order valence-corrected chi connectivity index (χ1v) is 11.2. The molecule has 1 N–H and O–H groups in total. The molecule has 0 bridgehead atoms. The van der Waals surface area contributed by atoms with Gasteiger partial charge in [0.2, 0.25) is 0 Å². The highest BCUT2D eigenvalue weighted by atomic mass is 32.1. The first kappa shape index (κ1) is 20.4. The molecule has 0 unspecified atom stereocenters. The number of rotatable bonds is 3. The topological polar surface area (TPSA) is 104 Å². The number of nitro groups is 1. The maximum Gasteiger partial charge on any atom is 0.271 e. The maximum atomic E-state index is 12.8. The van der Waals surface area contributed by atoms with Gasteiger partial charge in [0.1, 0.15) is 4.88 Å². The molecule has 3 aromatic rings. The molecule has 32 heavy (non-hydrogen) atoms.